The van der Waals surface area contributed by atoms with Crippen LogP contribution >= 0.6 is 0 Å². The molecule has 4 atom stereocenters. The number of nitrogens with two attached hydrogens (primary N) is 1. The highest BCUT2D eigenvalue weighted by Crippen LogP contribution is 2.38. The molecule has 0 spiro atoms. The quantitative estimate of drug-likeness (QED) is 0.381. The van der Waals surface area contributed by atoms with Gasteiger partial charge in [0, 0.05) is 18.0 Å². The lowest BCUT2D eigenvalue weighted by atomic mass is 9.85. The van der Waals surface area contributed by atoms with Crippen molar-refractivity contribution in [1.82, 2.24) is 10.6 Å². The molecule has 2 fully saturated rings. The van der Waals surface area contributed by atoms with Crippen molar-refractivity contribution in [3.05, 3.63) is 108 Å². The Morgan fingerprint density at radius 2 is 1.64 bits per heavy atom. The first-order valence-corrected chi connectivity index (χ1v) is 14.2. The van der Waals surface area contributed by atoms with Crippen LogP contribution in [0.4, 0.5) is 0 Å². The molecule has 2 saturated heterocycles. The lowest BCUT2D eigenvalue weighted by Crippen LogP contribution is -2.47. The molecule has 2 aliphatic heterocycles. The fraction of sp³-hybridized carbons (Fsp3) is 0.424. The van der Waals surface area contributed by atoms with Crippen molar-refractivity contribution in [3.63, 3.8) is 0 Å². The number of piperidine rings is 1. The van der Waals surface area contributed by atoms with Crippen molar-refractivity contribution < 1.29 is 14.3 Å². The van der Waals surface area contributed by atoms with Crippen LogP contribution < -0.4 is 16.4 Å². The molecule has 3 aromatic rings. The van der Waals surface area contributed by atoms with E-state index in [4.69, 9.17) is 15.2 Å². The fourth-order valence-corrected chi connectivity index (χ4v) is 5.54. The number of benzene rings is 3. The van der Waals surface area contributed by atoms with E-state index in [2.05, 4.69) is 41.8 Å². The zero-order chi connectivity index (χ0) is 27.6. The molecule has 39 heavy (non-hydrogen) atoms. The highest BCUT2D eigenvalue weighted by Gasteiger charge is 2.44. The van der Waals surface area contributed by atoms with E-state index in [0.717, 1.165) is 30.5 Å². The van der Waals surface area contributed by atoms with E-state index in [1.165, 1.54) is 24.8 Å². The Balaban J connectivity index is 0.000000181. The first-order chi connectivity index (χ1) is 19.0. The zero-order valence-electron chi connectivity index (χ0n) is 23.3. The number of ether oxygens (including phenoxy) is 2. The number of hydrogen-bond acceptors (Lipinski definition) is 5. The van der Waals surface area contributed by atoms with Crippen molar-refractivity contribution in [2.75, 3.05) is 19.7 Å². The van der Waals surface area contributed by atoms with E-state index in [9.17, 15) is 4.79 Å². The van der Waals surface area contributed by atoms with Gasteiger partial charge in [-0.3, -0.25) is 4.79 Å². The molecule has 4 N–H and O–H groups in total. The number of carbonyl (C=O) groups excluding carboxylic acids is 1. The van der Waals surface area contributed by atoms with E-state index in [1.54, 1.807) is 0 Å². The average Bonchev–Trinajstić information content (AvgIpc) is 3.45. The van der Waals surface area contributed by atoms with E-state index in [-0.39, 0.29) is 18.6 Å². The Morgan fingerprint density at radius 1 is 1.00 bits per heavy atom. The Labute approximate surface area is 233 Å². The van der Waals surface area contributed by atoms with Gasteiger partial charge < -0.3 is 25.8 Å². The second-order valence-electron chi connectivity index (χ2n) is 10.6. The predicted molar refractivity (Wildman–Crippen MR) is 156 cm³/mol. The Bertz CT molecular complexity index is 1140. The first kappa shape index (κ1) is 29.0. The van der Waals surface area contributed by atoms with Gasteiger partial charge >= 0.3 is 0 Å². The number of carbonyl (C=O) groups is 1. The van der Waals surface area contributed by atoms with Crippen LogP contribution in [-0.2, 0) is 32.0 Å². The summed E-state index contributed by atoms with van der Waals surface area (Å²) >= 11 is 0. The summed E-state index contributed by atoms with van der Waals surface area (Å²) in [5.41, 5.74) is 8.37. The molecule has 2 heterocycles. The minimum Gasteiger partial charge on any atom is -0.345 e. The Morgan fingerprint density at radius 3 is 2.23 bits per heavy atom. The summed E-state index contributed by atoms with van der Waals surface area (Å²) < 4.78 is 12.4. The summed E-state index contributed by atoms with van der Waals surface area (Å²) in [7, 11) is 0. The van der Waals surface area contributed by atoms with Crippen LogP contribution in [0.5, 0.6) is 0 Å². The molecule has 1 amide bonds. The van der Waals surface area contributed by atoms with Gasteiger partial charge in [-0.05, 0) is 43.9 Å². The highest BCUT2D eigenvalue weighted by molar-refractivity contribution is 5.78. The zero-order valence-corrected chi connectivity index (χ0v) is 23.3. The SMILES string of the molecule is CC(Cc1ccccc1)(NC(=O)CN)c1ccccc1.CC[C@]1(c2ccccc2)OC[C@H]([C@@H]2CCCCN2)O1. The van der Waals surface area contributed by atoms with Gasteiger partial charge in [-0.2, -0.15) is 0 Å². The third-order valence-electron chi connectivity index (χ3n) is 7.71. The molecule has 0 aliphatic carbocycles. The van der Waals surface area contributed by atoms with Crippen LogP contribution in [0.2, 0.25) is 0 Å². The lowest BCUT2D eigenvalue weighted by molar-refractivity contribution is -0.182. The second kappa shape index (κ2) is 13.9. The van der Waals surface area contributed by atoms with Gasteiger partial charge in [-0.25, -0.2) is 0 Å². The largest absolute Gasteiger partial charge is 0.345 e. The summed E-state index contributed by atoms with van der Waals surface area (Å²) in [4.78, 5) is 11.8. The monoisotopic (exact) mass is 529 g/mol. The molecule has 208 valence electrons. The van der Waals surface area contributed by atoms with Crippen molar-refractivity contribution in [1.29, 1.82) is 0 Å². The number of rotatable bonds is 8. The molecule has 0 bridgehead atoms. The molecule has 6 heteroatoms. The molecular weight excluding hydrogens is 486 g/mol. The van der Waals surface area contributed by atoms with Crippen LogP contribution in [0, 0.1) is 0 Å². The molecule has 0 saturated carbocycles. The van der Waals surface area contributed by atoms with Crippen LogP contribution in [0.25, 0.3) is 0 Å². The van der Waals surface area contributed by atoms with Crippen molar-refractivity contribution >= 4 is 5.91 Å². The molecular formula is C33H43N3O3. The van der Waals surface area contributed by atoms with E-state index in [0.29, 0.717) is 12.6 Å². The standard InChI is InChI=1S/C17H20N2O.C16H23NO2/c1-17(19-16(20)13-18,15-10-6-3-7-11-15)12-14-8-4-2-5-9-14;1-2-16(13-8-4-3-5-9-13)18-12-15(19-16)14-10-6-7-11-17-14/h2-11H,12-13,18H2,1H3,(H,19,20);3-5,8-9,14-15,17H,2,6-7,10-12H2,1H3/t;14-,15+,16-/m.0/s1. The Kier molecular flexibility index (Phi) is 10.3. The fourth-order valence-electron chi connectivity index (χ4n) is 5.54. The van der Waals surface area contributed by atoms with Gasteiger partial charge in [-0.1, -0.05) is 104 Å². The minimum atomic E-state index is -0.537. The predicted octanol–water partition coefficient (Wildman–Crippen LogP) is 5.03. The highest BCUT2D eigenvalue weighted by atomic mass is 16.7. The third kappa shape index (κ3) is 7.55. The van der Waals surface area contributed by atoms with Crippen LogP contribution in [-0.4, -0.2) is 37.7 Å². The van der Waals surface area contributed by atoms with Crippen LogP contribution in [0.15, 0.2) is 91.0 Å². The van der Waals surface area contributed by atoms with E-state index >= 15 is 0 Å². The summed E-state index contributed by atoms with van der Waals surface area (Å²) in [5.74, 6) is -0.683. The Hall–Kier alpha value is -3.03. The maximum absolute atomic E-state index is 11.8. The average molecular weight is 530 g/mol. The van der Waals surface area contributed by atoms with Gasteiger partial charge in [0.15, 0.2) is 5.79 Å². The molecule has 0 radical (unpaired) electrons. The van der Waals surface area contributed by atoms with Crippen LogP contribution in [0.1, 0.15) is 56.2 Å². The van der Waals surface area contributed by atoms with Gasteiger partial charge in [-0.15, -0.1) is 0 Å². The smallest absolute Gasteiger partial charge is 0.234 e. The molecule has 3 aromatic carbocycles. The number of hydrogen-bond donors (Lipinski definition) is 3. The third-order valence-corrected chi connectivity index (χ3v) is 7.71. The molecule has 2 aliphatic rings. The molecule has 0 aromatic heterocycles. The van der Waals surface area contributed by atoms with Crippen molar-refractivity contribution in [3.8, 4) is 0 Å². The van der Waals surface area contributed by atoms with Gasteiger partial charge in [0.25, 0.3) is 0 Å². The van der Waals surface area contributed by atoms with Crippen molar-refractivity contribution in [2.24, 2.45) is 5.73 Å². The van der Waals surface area contributed by atoms with E-state index < -0.39 is 11.3 Å². The lowest BCUT2D eigenvalue weighted by Gasteiger charge is -2.31. The summed E-state index contributed by atoms with van der Waals surface area (Å²) in [6.45, 7) is 5.96. The van der Waals surface area contributed by atoms with Gasteiger partial charge in [0.1, 0.15) is 6.10 Å². The maximum atomic E-state index is 11.8. The summed E-state index contributed by atoms with van der Waals surface area (Å²) in [6.07, 6.45) is 5.52. The molecule has 6 nitrogen and oxygen atoms in total. The number of nitrogens with one attached hydrogen (secondary N) is 2. The second-order valence-corrected chi connectivity index (χ2v) is 10.6. The first-order valence-electron chi connectivity index (χ1n) is 14.2. The normalized spacial score (nSPS) is 24.2. The summed E-state index contributed by atoms with van der Waals surface area (Å²) in [5, 5.41) is 6.61. The van der Waals surface area contributed by atoms with Crippen molar-refractivity contribution in [2.45, 2.75) is 69.4 Å². The van der Waals surface area contributed by atoms with E-state index in [1.807, 2.05) is 73.7 Å². The topological polar surface area (TPSA) is 85.6 Å². The summed E-state index contributed by atoms with van der Waals surface area (Å²) in [6, 6.07) is 30.9. The van der Waals surface area contributed by atoms with Crippen LogP contribution in [0.3, 0.4) is 0 Å². The maximum Gasteiger partial charge on any atom is 0.234 e. The molecule has 1 unspecified atom stereocenters. The number of amides is 1. The van der Waals surface area contributed by atoms with Gasteiger partial charge in [0.2, 0.25) is 5.91 Å². The minimum absolute atomic E-state index is 0.00276. The molecule has 5 rings (SSSR count). The van der Waals surface area contributed by atoms with Gasteiger partial charge in [0.05, 0.1) is 18.7 Å².